The number of hydrogen-bond acceptors (Lipinski definition) is 2. The van der Waals surface area contributed by atoms with Gasteiger partial charge in [0, 0.05) is 26.1 Å². The third-order valence-corrected chi connectivity index (χ3v) is 6.09. The molecule has 2 heterocycles. The molecular weight excluding hydrogens is 415 g/mol. The maximum atomic E-state index is 12.5. The molecule has 0 atom stereocenters. The lowest BCUT2D eigenvalue weighted by molar-refractivity contribution is -0.110. The van der Waals surface area contributed by atoms with Crippen molar-refractivity contribution in [2.24, 2.45) is 0 Å². The monoisotopic (exact) mass is 434 g/mol. The number of halogens is 1. The normalized spacial score (nSPS) is 17.6. The van der Waals surface area contributed by atoms with Gasteiger partial charge in [0.25, 0.3) is 5.91 Å². The van der Waals surface area contributed by atoms with Gasteiger partial charge in [0.05, 0.1) is 18.4 Å². The first-order valence-electron chi connectivity index (χ1n) is 8.20. The Balaban J connectivity index is 1.88. The minimum absolute atomic E-state index is 0.0512. The summed E-state index contributed by atoms with van der Waals surface area (Å²) in [5, 5.41) is 2.97. The number of nitrogens with one attached hydrogen (secondary N) is 2. The summed E-state index contributed by atoms with van der Waals surface area (Å²) in [4.78, 5) is 16.0. The van der Waals surface area contributed by atoms with E-state index < -0.39 is 0 Å². The maximum absolute atomic E-state index is 12.5. The average molecular weight is 434 g/mol. The predicted molar refractivity (Wildman–Crippen MR) is 104 cm³/mol. The Morgan fingerprint density at radius 2 is 2.04 bits per heavy atom. The third kappa shape index (κ3) is 2.37. The van der Waals surface area contributed by atoms with Crippen LogP contribution in [0.5, 0.6) is 5.75 Å². The van der Waals surface area contributed by atoms with Crippen LogP contribution in [0.25, 0.3) is 11.6 Å². The number of hydrogen-bond donors (Lipinski definition) is 2. The SMILES string of the molecule is COc1c(C=C2C(=O)Nc3ccc(I)c(C)c32)[nH]c2c1CCCC2. The van der Waals surface area contributed by atoms with Crippen LogP contribution in [0, 0.1) is 10.5 Å². The number of aromatic amines is 1. The van der Waals surface area contributed by atoms with Gasteiger partial charge in [-0.2, -0.15) is 0 Å². The van der Waals surface area contributed by atoms with Crippen LogP contribution in [0.4, 0.5) is 5.69 Å². The topological polar surface area (TPSA) is 54.1 Å². The Morgan fingerprint density at radius 1 is 1.25 bits per heavy atom. The molecule has 2 aromatic rings. The van der Waals surface area contributed by atoms with Crippen molar-refractivity contribution in [2.45, 2.75) is 32.6 Å². The van der Waals surface area contributed by atoms with Gasteiger partial charge in [-0.15, -0.1) is 0 Å². The first-order chi connectivity index (χ1) is 11.6. The van der Waals surface area contributed by atoms with E-state index >= 15 is 0 Å². The van der Waals surface area contributed by atoms with Crippen molar-refractivity contribution in [3.05, 3.63) is 43.8 Å². The van der Waals surface area contributed by atoms with E-state index in [0.29, 0.717) is 5.57 Å². The van der Waals surface area contributed by atoms with E-state index in [1.807, 2.05) is 18.2 Å². The molecule has 0 fully saturated rings. The van der Waals surface area contributed by atoms with Crippen LogP contribution in [0.3, 0.4) is 0 Å². The zero-order valence-corrected chi connectivity index (χ0v) is 15.9. The van der Waals surface area contributed by atoms with Crippen LogP contribution < -0.4 is 10.1 Å². The van der Waals surface area contributed by atoms with Crippen LogP contribution in [0.15, 0.2) is 12.1 Å². The van der Waals surface area contributed by atoms with Crippen molar-refractivity contribution in [1.29, 1.82) is 0 Å². The second-order valence-electron chi connectivity index (χ2n) is 6.34. The number of benzene rings is 1. The Labute approximate surface area is 154 Å². The average Bonchev–Trinajstić information content (AvgIpc) is 3.09. The van der Waals surface area contributed by atoms with Crippen LogP contribution >= 0.6 is 22.6 Å². The molecular formula is C19H19IN2O2. The molecule has 1 aromatic heterocycles. The number of H-pyrrole nitrogens is 1. The van der Waals surface area contributed by atoms with Crippen molar-refractivity contribution < 1.29 is 9.53 Å². The molecule has 4 rings (SSSR count). The van der Waals surface area contributed by atoms with E-state index in [1.165, 1.54) is 24.1 Å². The quantitative estimate of drug-likeness (QED) is 0.547. The molecule has 1 aliphatic carbocycles. The van der Waals surface area contributed by atoms with Crippen molar-refractivity contribution in [2.75, 3.05) is 12.4 Å². The van der Waals surface area contributed by atoms with Gasteiger partial charge in [-0.05, 0) is 79.0 Å². The highest BCUT2D eigenvalue weighted by atomic mass is 127. The van der Waals surface area contributed by atoms with Gasteiger partial charge >= 0.3 is 0 Å². The molecule has 4 nitrogen and oxygen atoms in total. The second-order valence-corrected chi connectivity index (χ2v) is 7.51. The van der Waals surface area contributed by atoms with Crippen LogP contribution in [0.1, 0.15) is 40.9 Å². The lowest BCUT2D eigenvalue weighted by Crippen LogP contribution is -2.03. The number of carbonyl (C=O) groups excluding carboxylic acids is 1. The van der Waals surface area contributed by atoms with Gasteiger partial charge in [-0.3, -0.25) is 4.79 Å². The molecule has 124 valence electrons. The van der Waals surface area contributed by atoms with Crippen LogP contribution in [-0.4, -0.2) is 18.0 Å². The largest absolute Gasteiger partial charge is 0.494 e. The van der Waals surface area contributed by atoms with Gasteiger partial charge in [-0.1, -0.05) is 0 Å². The summed E-state index contributed by atoms with van der Waals surface area (Å²) < 4.78 is 6.82. The first-order valence-corrected chi connectivity index (χ1v) is 9.28. The summed E-state index contributed by atoms with van der Waals surface area (Å²) >= 11 is 2.31. The highest BCUT2D eigenvalue weighted by Crippen LogP contribution is 2.40. The minimum atomic E-state index is -0.0512. The number of amides is 1. The third-order valence-electron chi connectivity index (χ3n) is 4.93. The summed E-state index contributed by atoms with van der Waals surface area (Å²) in [6.45, 7) is 2.06. The number of fused-ring (bicyclic) bond motifs is 2. The van der Waals surface area contributed by atoms with Gasteiger partial charge in [0.2, 0.25) is 0 Å². The Morgan fingerprint density at radius 3 is 2.83 bits per heavy atom. The van der Waals surface area contributed by atoms with E-state index in [1.54, 1.807) is 7.11 Å². The maximum Gasteiger partial charge on any atom is 0.256 e. The molecule has 1 aromatic carbocycles. The Bertz CT molecular complexity index is 880. The molecule has 0 radical (unpaired) electrons. The molecule has 2 N–H and O–H groups in total. The summed E-state index contributed by atoms with van der Waals surface area (Å²) in [7, 11) is 1.71. The summed E-state index contributed by atoms with van der Waals surface area (Å²) in [5.74, 6) is 0.839. The lowest BCUT2D eigenvalue weighted by atomic mass is 9.97. The summed E-state index contributed by atoms with van der Waals surface area (Å²) in [6.07, 6.45) is 6.43. The number of carbonyl (C=O) groups is 1. The van der Waals surface area contributed by atoms with E-state index in [-0.39, 0.29) is 5.91 Å². The Kier molecular flexibility index (Phi) is 3.90. The fraction of sp³-hybridized carbons (Fsp3) is 0.316. The summed E-state index contributed by atoms with van der Waals surface area (Å²) in [6, 6.07) is 4.01. The fourth-order valence-electron chi connectivity index (χ4n) is 3.73. The highest BCUT2D eigenvalue weighted by Gasteiger charge is 2.28. The molecule has 1 aliphatic heterocycles. The van der Waals surface area contributed by atoms with Gasteiger partial charge < -0.3 is 15.0 Å². The Hall–Kier alpha value is -1.76. The van der Waals surface area contributed by atoms with E-state index in [2.05, 4.69) is 39.8 Å². The molecule has 0 unspecified atom stereocenters. The smallest absolute Gasteiger partial charge is 0.256 e. The molecule has 0 bridgehead atoms. The molecule has 1 amide bonds. The molecule has 24 heavy (non-hydrogen) atoms. The van der Waals surface area contributed by atoms with E-state index in [4.69, 9.17) is 4.74 Å². The van der Waals surface area contributed by atoms with E-state index in [9.17, 15) is 4.79 Å². The first kappa shape index (κ1) is 15.7. The minimum Gasteiger partial charge on any atom is -0.494 e. The molecule has 5 heteroatoms. The highest BCUT2D eigenvalue weighted by molar-refractivity contribution is 14.1. The molecule has 2 aliphatic rings. The molecule has 0 saturated heterocycles. The zero-order valence-electron chi connectivity index (χ0n) is 13.8. The fourth-order valence-corrected chi connectivity index (χ4v) is 4.18. The van der Waals surface area contributed by atoms with E-state index in [0.717, 1.165) is 44.7 Å². The van der Waals surface area contributed by atoms with Crippen molar-refractivity contribution in [3.63, 3.8) is 0 Å². The lowest BCUT2D eigenvalue weighted by Gasteiger charge is -2.11. The predicted octanol–water partition coefficient (Wildman–Crippen LogP) is 4.31. The van der Waals surface area contributed by atoms with Gasteiger partial charge in [-0.25, -0.2) is 0 Å². The van der Waals surface area contributed by atoms with Gasteiger partial charge in [0.1, 0.15) is 5.75 Å². The molecule has 0 spiro atoms. The number of ether oxygens (including phenoxy) is 1. The number of aryl methyl sites for hydroxylation is 1. The molecule has 0 saturated carbocycles. The van der Waals surface area contributed by atoms with Crippen molar-refractivity contribution in [1.82, 2.24) is 4.98 Å². The number of methoxy groups -OCH3 is 1. The zero-order chi connectivity index (χ0) is 16.8. The summed E-state index contributed by atoms with van der Waals surface area (Å²) in [5.41, 5.74) is 7.16. The van der Waals surface area contributed by atoms with Crippen molar-refractivity contribution >= 4 is 45.8 Å². The number of aromatic nitrogens is 1. The second kappa shape index (κ2) is 5.95. The van der Waals surface area contributed by atoms with Crippen LogP contribution in [-0.2, 0) is 17.6 Å². The number of anilines is 1. The standard InChI is InChI=1S/C19H19IN2O2/c1-10-13(20)7-8-15-17(10)12(19(23)22-15)9-16-18(24-2)11-5-3-4-6-14(11)21-16/h7-9,21H,3-6H2,1-2H3,(H,22,23). The number of rotatable bonds is 2. The van der Waals surface area contributed by atoms with Crippen LogP contribution in [0.2, 0.25) is 0 Å². The van der Waals surface area contributed by atoms with Gasteiger partial charge in [0.15, 0.2) is 0 Å². The van der Waals surface area contributed by atoms with Crippen molar-refractivity contribution in [3.8, 4) is 5.75 Å².